The highest BCUT2D eigenvalue weighted by molar-refractivity contribution is 6.42. The lowest BCUT2D eigenvalue weighted by atomic mass is 10.3. The Morgan fingerprint density at radius 2 is 1.97 bits per heavy atom. The number of aromatic amines is 1. The number of nitrogens with zero attached hydrogens (tertiary/aromatic N) is 7. The molecule has 0 bridgehead atoms. The van der Waals surface area contributed by atoms with Gasteiger partial charge >= 0.3 is 0 Å². The number of benzene rings is 1. The first-order valence-corrected chi connectivity index (χ1v) is 11.5. The molecule has 0 fully saturated rings. The number of hydrogen-bond donors (Lipinski definition) is 4. The summed E-state index contributed by atoms with van der Waals surface area (Å²) < 4.78 is 3.33. The van der Waals surface area contributed by atoms with Gasteiger partial charge in [0.15, 0.2) is 17.0 Å². The number of halogens is 2. The molecule has 0 spiro atoms. The zero-order valence-corrected chi connectivity index (χ0v) is 20.3. The molecule has 1 aromatic carbocycles. The fourth-order valence-electron chi connectivity index (χ4n) is 3.73. The van der Waals surface area contributed by atoms with Crippen molar-refractivity contribution in [2.24, 2.45) is 0 Å². The summed E-state index contributed by atoms with van der Waals surface area (Å²) in [5, 5.41) is 11.3. The minimum absolute atomic E-state index is 0.00850. The molecule has 0 atom stereocenters. The van der Waals surface area contributed by atoms with Crippen molar-refractivity contribution in [1.29, 1.82) is 0 Å². The van der Waals surface area contributed by atoms with Crippen LogP contribution in [0.4, 0.5) is 17.6 Å². The van der Waals surface area contributed by atoms with E-state index in [4.69, 9.17) is 28.9 Å². The van der Waals surface area contributed by atoms with Crippen molar-refractivity contribution in [1.82, 2.24) is 39.3 Å². The smallest absolute Gasteiger partial charge is 0.245 e. The van der Waals surface area contributed by atoms with Gasteiger partial charge in [0.1, 0.15) is 18.2 Å². The lowest BCUT2D eigenvalue weighted by molar-refractivity contribution is -0.116. The summed E-state index contributed by atoms with van der Waals surface area (Å²) in [5.74, 6) is 1.49. The molecule has 5 aromatic rings. The monoisotopic (exact) mass is 513 g/mol. The molecule has 0 aliphatic heterocycles. The Bertz CT molecular complexity index is 1530. The van der Waals surface area contributed by atoms with Crippen molar-refractivity contribution in [2.45, 2.75) is 33.5 Å². The third-order valence-electron chi connectivity index (χ3n) is 5.26. The number of imidazole rings is 2. The molecule has 1 amide bonds. The first-order chi connectivity index (χ1) is 16.8. The number of nitrogen functional groups attached to an aromatic ring is 1. The van der Waals surface area contributed by atoms with E-state index in [0.29, 0.717) is 57.3 Å². The second-order valence-electron chi connectivity index (χ2n) is 7.83. The average molecular weight is 514 g/mol. The van der Waals surface area contributed by atoms with Crippen LogP contribution in [-0.4, -0.2) is 45.2 Å². The zero-order chi connectivity index (χ0) is 24.7. The third kappa shape index (κ3) is 4.57. The molecule has 0 saturated carbocycles. The maximum Gasteiger partial charge on any atom is 0.245 e. The Morgan fingerprint density at radius 1 is 1.17 bits per heavy atom. The lowest BCUT2D eigenvalue weighted by Gasteiger charge is -2.09. The first kappa shape index (κ1) is 22.9. The van der Waals surface area contributed by atoms with Crippen LogP contribution in [0.3, 0.4) is 0 Å². The van der Waals surface area contributed by atoms with Gasteiger partial charge < -0.3 is 25.9 Å². The molecule has 35 heavy (non-hydrogen) atoms. The number of carbonyl (C=O) groups excluding carboxylic acids is 1. The number of rotatable bonds is 7. The van der Waals surface area contributed by atoms with Gasteiger partial charge in [0.2, 0.25) is 11.9 Å². The van der Waals surface area contributed by atoms with Gasteiger partial charge in [0, 0.05) is 12.6 Å². The predicted molar refractivity (Wildman–Crippen MR) is 134 cm³/mol. The largest absolute Gasteiger partial charge is 0.368 e. The molecule has 4 aromatic heterocycles. The van der Waals surface area contributed by atoms with Crippen LogP contribution < -0.4 is 16.4 Å². The Balaban J connectivity index is 1.35. The van der Waals surface area contributed by atoms with E-state index in [2.05, 4.69) is 40.7 Å². The van der Waals surface area contributed by atoms with Gasteiger partial charge in [-0.25, -0.2) is 14.6 Å². The number of anilines is 3. The van der Waals surface area contributed by atoms with Crippen LogP contribution in [-0.2, 0) is 24.4 Å². The predicted octanol–water partition coefficient (Wildman–Crippen LogP) is 3.37. The Hall–Kier alpha value is -3.90. The molecular weight excluding hydrogens is 493 g/mol. The van der Waals surface area contributed by atoms with Crippen LogP contribution in [0.1, 0.15) is 18.4 Å². The number of carbonyl (C=O) groups is 1. The molecule has 0 aliphatic carbocycles. The number of H-pyrrole nitrogens is 1. The van der Waals surface area contributed by atoms with Crippen LogP contribution in [0.15, 0.2) is 24.5 Å². The number of fused-ring (bicyclic) bond motifs is 2. The minimum atomic E-state index is -0.245. The summed E-state index contributed by atoms with van der Waals surface area (Å²) in [5.41, 5.74) is 9.12. The van der Waals surface area contributed by atoms with Crippen LogP contribution in [0.25, 0.3) is 22.2 Å². The maximum atomic E-state index is 12.7. The molecule has 14 heteroatoms. The molecular formula is C21H21Cl2N11O. The van der Waals surface area contributed by atoms with E-state index in [1.807, 2.05) is 19.9 Å². The van der Waals surface area contributed by atoms with Gasteiger partial charge in [-0.3, -0.25) is 4.79 Å². The highest BCUT2D eigenvalue weighted by Gasteiger charge is 2.16. The van der Waals surface area contributed by atoms with E-state index in [-0.39, 0.29) is 18.4 Å². The van der Waals surface area contributed by atoms with Crippen LogP contribution in [0.5, 0.6) is 0 Å². The van der Waals surface area contributed by atoms with Crippen molar-refractivity contribution < 1.29 is 4.79 Å². The molecule has 0 aliphatic rings. The van der Waals surface area contributed by atoms with Crippen molar-refractivity contribution in [3.05, 3.63) is 46.1 Å². The molecule has 5 N–H and O–H groups in total. The maximum absolute atomic E-state index is 12.7. The number of nitrogens with two attached hydrogens (primary N) is 1. The summed E-state index contributed by atoms with van der Waals surface area (Å²) in [6, 6.07) is 5.23. The van der Waals surface area contributed by atoms with E-state index in [1.165, 1.54) is 6.33 Å². The van der Waals surface area contributed by atoms with Crippen LogP contribution in [0.2, 0.25) is 10.0 Å². The van der Waals surface area contributed by atoms with Gasteiger partial charge in [-0.2, -0.15) is 15.1 Å². The molecule has 180 valence electrons. The standard InChI is InChI=1S/C21H21Cl2N11O/c1-3-34-16(4-10(2)32-34)29-17(35)8-33-9-26-18-19(30-21(24)31-20(18)33)25-7-15-27-13-5-11(22)12(23)6-14(13)28-15/h4-6,9H,3,7-8H2,1-2H3,(H,27,28)(H,29,35)(H3,24,25,30,31). The number of aromatic nitrogens is 8. The molecule has 0 unspecified atom stereocenters. The molecule has 0 radical (unpaired) electrons. The Kier molecular flexibility index (Phi) is 5.91. The minimum Gasteiger partial charge on any atom is -0.368 e. The van der Waals surface area contributed by atoms with E-state index >= 15 is 0 Å². The second kappa shape index (κ2) is 9.04. The van der Waals surface area contributed by atoms with Crippen LogP contribution in [0, 0.1) is 6.92 Å². The Morgan fingerprint density at radius 3 is 2.77 bits per heavy atom. The third-order valence-corrected chi connectivity index (χ3v) is 5.98. The van der Waals surface area contributed by atoms with Crippen molar-refractivity contribution in [2.75, 3.05) is 16.4 Å². The van der Waals surface area contributed by atoms with E-state index in [9.17, 15) is 4.79 Å². The van der Waals surface area contributed by atoms with Gasteiger partial charge in [-0.15, -0.1) is 0 Å². The van der Waals surface area contributed by atoms with E-state index in [1.54, 1.807) is 21.4 Å². The van der Waals surface area contributed by atoms with Gasteiger partial charge in [0.05, 0.1) is 39.6 Å². The van der Waals surface area contributed by atoms with Crippen molar-refractivity contribution in [3.8, 4) is 0 Å². The highest BCUT2D eigenvalue weighted by Crippen LogP contribution is 2.27. The molecule has 12 nitrogen and oxygen atoms in total. The summed E-state index contributed by atoms with van der Waals surface area (Å²) >= 11 is 12.2. The lowest BCUT2D eigenvalue weighted by Crippen LogP contribution is -2.20. The number of nitrogens with one attached hydrogen (secondary N) is 3. The van der Waals surface area contributed by atoms with Gasteiger partial charge in [-0.1, -0.05) is 23.2 Å². The normalized spacial score (nSPS) is 11.4. The summed E-state index contributed by atoms with van der Waals surface area (Å²) in [6.45, 7) is 4.76. The average Bonchev–Trinajstić information content (AvgIpc) is 3.49. The number of hydrogen-bond acceptors (Lipinski definition) is 8. The van der Waals surface area contributed by atoms with Gasteiger partial charge in [-0.05, 0) is 26.0 Å². The SMILES string of the molecule is CCn1nc(C)cc1NC(=O)Cn1cnc2c(NCc3nc4cc(Cl)c(Cl)cc4[nH]3)nc(N)nc21. The summed E-state index contributed by atoms with van der Waals surface area (Å²) in [7, 11) is 0. The number of aryl methyl sites for hydroxylation is 2. The van der Waals surface area contributed by atoms with Crippen molar-refractivity contribution in [3.63, 3.8) is 0 Å². The van der Waals surface area contributed by atoms with Crippen molar-refractivity contribution >= 4 is 68.9 Å². The quantitative estimate of drug-likeness (QED) is 0.258. The van der Waals surface area contributed by atoms with E-state index < -0.39 is 0 Å². The van der Waals surface area contributed by atoms with Crippen LogP contribution >= 0.6 is 23.2 Å². The second-order valence-corrected chi connectivity index (χ2v) is 8.64. The molecule has 5 rings (SSSR count). The topological polar surface area (TPSA) is 157 Å². The Labute approximate surface area is 208 Å². The number of amides is 1. The fourth-order valence-corrected chi connectivity index (χ4v) is 4.05. The van der Waals surface area contributed by atoms with Gasteiger partial charge in [0.25, 0.3) is 0 Å². The fraction of sp³-hybridized carbons (Fsp3) is 0.238. The van der Waals surface area contributed by atoms with E-state index in [0.717, 1.165) is 11.2 Å². The highest BCUT2D eigenvalue weighted by atomic mass is 35.5. The summed E-state index contributed by atoms with van der Waals surface area (Å²) in [6.07, 6.45) is 1.52. The summed E-state index contributed by atoms with van der Waals surface area (Å²) in [4.78, 5) is 33.3. The zero-order valence-electron chi connectivity index (χ0n) is 18.8. The first-order valence-electron chi connectivity index (χ1n) is 10.7. The molecule has 0 saturated heterocycles. The molecule has 4 heterocycles.